The van der Waals surface area contributed by atoms with E-state index < -0.39 is 0 Å². The van der Waals surface area contributed by atoms with Gasteiger partial charge >= 0.3 is 0 Å². The summed E-state index contributed by atoms with van der Waals surface area (Å²) in [5.74, 6) is 0. The molecule has 10 aromatic carbocycles. The van der Waals surface area contributed by atoms with Crippen LogP contribution in [0.5, 0.6) is 0 Å². The van der Waals surface area contributed by atoms with Crippen LogP contribution < -0.4 is 9.80 Å². The van der Waals surface area contributed by atoms with E-state index in [9.17, 15) is 0 Å². The fourth-order valence-electron chi connectivity index (χ4n) is 8.98. The van der Waals surface area contributed by atoms with Crippen molar-refractivity contribution in [2.45, 2.75) is 6.92 Å². The summed E-state index contributed by atoms with van der Waals surface area (Å²) >= 11 is 0. The molecule has 0 spiro atoms. The van der Waals surface area contributed by atoms with Gasteiger partial charge in [0.25, 0.3) is 0 Å². The van der Waals surface area contributed by atoms with Crippen molar-refractivity contribution in [2.75, 3.05) is 9.80 Å². The maximum Gasteiger partial charge on any atom is 0.0462 e. The topological polar surface area (TPSA) is 6.48 Å². The maximum atomic E-state index is 4.24. The van der Waals surface area contributed by atoms with Crippen molar-refractivity contribution in [1.82, 2.24) is 0 Å². The van der Waals surface area contributed by atoms with Gasteiger partial charge in [-0.3, -0.25) is 0 Å². The van der Waals surface area contributed by atoms with Crippen molar-refractivity contribution < 1.29 is 0 Å². The zero-order chi connectivity index (χ0) is 45.4. The second kappa shape index (κ2) is 19.6. The summed E-state index contributed by atoms with van der Waals surface area (Å²) in [5.41, 5.74) is 20.5. The first-order valence-corrected chi connectivity index (χ1v) is 22.9. The molecule has 0 unspecified atom stereocenters. The van der Waals surface area contributed by atoms with Crippen LogP contribution in [0.25, 0.3) is 61.2 Å². The van der Waals surface area contributed by atoms with Gasteiger partial charge in [-0.1, -0.05) is 207 Å². The van der Waals surface area contributed by atoms with Gasteiger partial charge in [0.2, 0.25) is 0 Å². The third-order valence-corrected chi connectivity index (χ3v) is 12.4. The highest BCUT2D eigenvalue weighted by molar-refractivity contribution is 5.93. The number of rotatable bonds is 13. The zero-order valence-corrected chi connectivity index (χ0v) is 37.6. The molecule has 10 aromatic rings. The first-order valence-electron chi connectivity index (χ1n) is 22.9. The number of anilines is 6. The highest BCUT2D eigenvalue weighted by Gasteiger charge is 2.17. The van der Waals surface area contributed by atoms with Gasteiger partial charge in [-0.15, -0.1) is 0 Å². The van der Waals surface area contributed by atoms with Gasteiger partial charge < -0.3 is 9.80 Å². The van der Waals surface area contributed by atoms with Crippen molar-refractivity contribution in [3.63, 3.8) is 0 Å². The molecule has 0 radical (unpaired) electrons. The Kier molecular flexibility index (Phi) is 12.3. The summed E-state index contributed by atoms with van der Waals surface area (Å²) in [6.07, 6.45) is 4.07. The maximum absolute atomic E-state index is 4.24. The SMILES string of the molecule is C=C(/C=C\C)c1ccc(N(c2ccccc2)c2ccc(-c3ccccc3-c3ccccc3-c3ccc(N(c4ccccc4)c4ccc(-c5ccc(-c6ccccc6)cc5)cc4)cc3)cc2)cc1. The predicted molar refractivity (Wildman–Crippen MR) is 287 cm³/mol. The first-order chi connectivity index (χ1) is 33.1. The van der Waals surface area contributed by atoms with Gasteiger partial charge in [0.15, 0.2) is 0 Å². The van der Waals surface area contributed by atoms with Crippen LogP contribution in [-0.4, -0.2) is 0 Å². The molecule has 10 rings (SSSR count). The Labute approximate surface area is 395 Å². The van der Waals surface area contributed by atoms with Gasteiger partial charge in [-0.05, 0) is 146 Å². The molecule has 0 heterocycles. The second-order valence-corrected chi connectivity index (χ2v) is 16.6. The monoisotopic (exact) mass is 858 g/mol. The molecule has 0 aliphatic rings. The van der Waals surface area contributed by atoms with Crippen LogP contribution >= 0.6 is 0 Å². The van der Waals surface area contributed by atoms with Gasteiger partial charge in [0, 0.05) is 34.1 Å². The fourth-order valence-corrected chi connectivity index (χ4v) is 8.98. The summed E-state index contributed by atoms with van der Waals surface area (Å²) in [7, 11) is 0. The smallest absolute Gasteiger partial charge is 0.0462 e. The lowest BCUT2D eigenvalue weighted by molar-refractivity contribution is 1.28. The van der Waals surface area contributed by atoms with Crippen LogP contribution in [0.1, 0.15) is 12.5 Å². The lowest BCUT2D eigenvalue weighted by Gasteiger charge is -2.26. The van der Waals surface area contributed by atoms with E-state index in [1.54, 1.807) is 0 Å². The molecule has 0 amide bonds. The van der Waals surface area contributed by atoms with Crippen LogP contribution in [0.4, 0.5) is 34.1 Å². The molecule has 2 heteroatoms. The minimum atomic E-state index is 0.996. The minimum Gasteiger partial charge on any atom is -0.311 e. The minimum absolute atomic E-state index is 0.996. The van der Waals surface area contributed by atoms with Crippen molar-refractivity contribution in [3.8, 4) is 55.6 Å². The zero-order valence-electron chi connectivity index (χ0n) is 37.6. The van der Waals surface area contributed by atoms with E-state index in [0.29, 0.717) is 0 Å². The molecular weight excluding hydrogens is 809 g/mol. The van der Waals surface area contributed by atoms with E-state index in [0.717, 1.165) is 56.4 Å². The molecule has 0 aromatic heterocycles. The van der Waals surface area contributed by atoms with E-state index >= 15 is 0 Å². The van der Waals surface area contributed by atoms with Crippen LogP contribution in [-0.2, 0) is 0 Å². The third-order valence-electron chi connectivity index (χ3n) is 12.4. The number of hydrogen-bond acceptors (Lipinski definition) is 2. The molecule has 0 aliphatic carbocycles. The van der Waals surface area contributed by atoms with Gasteiger partial charge in [0.1, 0.15) is 0 Å². The highest BCUT2D eigenvalue weighted by Crippen LogP contribution is 2.42. The van der Waals surface area contributed by atoms with Crippen LogP contribution in [0, 0.1) is 0 Å². The van der Waals surface area contributed by atoms with Crippen LogP contribution in [0.3, 0.4) is 0 Å². The average molecular weight is 859 g/mol. The van der Waals surface area contributed by atoms with Crippen LogP contribution in [0.2, 0.25) is 0 Å². The Morgan fingerprint density at radius 3 is 0.925 bits per heavy atom. The number of benzene rings is 10. The molecule has 0 fully saturated rings. The Morgan fingerprint density at radius 2 is 0.552 bits per heavy atom. The Hall–Kier alpha value is -8.72. The normalized spacial score (nSPS) is 11.1. The van der Waals surface area contributed by atoms with Crippen molar-refractivity contribution in [2.24, 2.45) is 0 Å². The highest BCUT2D eigenvalue weighted by atomic mass is 15.1. The number of para-hydroxylation sites is 2. The fraction of sp³-hybridized carbons (Fsp3) is 0.0154. The van der Waals surface area contributed by atoms with Crippen LogP contribution in [0.15, 0.2) is 280 Å². The lowest BCUT2D eigenvalue weighted by Crippen LogP contribution is -2.09. The number of allylic oxidation sites excluding steroid dienone is 3. The Balaban J connectivity index is 0.938. The molecule has 0 aliphatic heterocycles. The van der Waals surface area contributed by atoms with E-state index in [4.69, 9.17) is 0 Å². The summed E-state index contributed by atoms with van der Waals surface area (Å²) < 4.78 is 0. The average Bonchev–Trinajstić information content (AvgIpc) is 3.41. The molecule has 0 saturated carbocycles. The van der Waals surface area contributed by atoms with Crippen molar-refractivity contribution in [1.29, 1.82) is 0 Å². The third kappa shape index (κ3) is 9.15. The second-order valence-electron chi connectivity index (χ2n) is 16.6. The quantitative estimate of drug-likeness (QED) is 0.107. The summed E-state index contributed by atoms with van der Waals surface area (Å²) in [6.45, 7) is 6.26. The van der Waals surface area contributed by atoms with E-state index in [1.165, 1.54) is 44.5 Å². The largest absolute Gasteiger partial charge is 0.311 e. The van der Waals surface area contributed by atoms with Gasteiger partial charge in [0.05, 0.1) is 0 Å². The molecule has 0 bridgehead atoms. The summed E-state index contributed by atoms with van der Waals surface area (Å²) in [6, 6.07) is 93.5. The molecule has 2 nitrogen and oxygen atoms in total. The molecule has 0 N–H and O–H groups in total. The first kappa shape index (κ1) is 42.2. The number of hydrogen-bond donors (Lipinski definition) is 0. The molecule has 0 atom stereocenters. The lowest BCUT2D eigenvalue weighted by atomic mass is 9.89. The molecule has 0 saturated heterocycles. The van der Waals surface area contributed by atoms with Gasteiger partial charge in [-0.25, -0.2) is 0 Å². The van der Waals surface area contributed by atoms with E-state index in [2.05, 4.69) is 277 Å². The standard InChI is InChI=1S/C65H50N2/c1-3-17-48(2)49-32-40-58(41-33-49)66(56-20-9-5-10-21-56)60-44-36-54(37-45-60)62-24-13-15-26-64(62)65-27-16-14-25-63(65)55-38-46-61(47-39-55)67(57-22-11-6-12-23-57)59-42-34-53(35-43-59)52-30-28-51(29-31-52)50-18-7-4-8-19-50/h3-47H,2H2,1H3/b17-3-. The van der Waals surface area contributed by atoms with E-state index in [-0.39, 0.29) is 0 Å². The predicted octanol–water partition coefficient (Wildman–Crippen LogP) is 18.6. The van der Waals surface area contributed by atoms with Crippen molar-refractivity contribution in [3.05, 3.63) is 285 Å². The Morgan fingerprint density at radius 1 is 0.284 bits per heavy atom. The molecule has 67 heavy (non-hydrogen) atoms. The Bertz CT molecular complexity index is 3250. The van der Waals surface area contributed by atoms with E-state index in [1.807, 2.05) is 19.1 Å². The number of nitrogens with zero attached hydrogens (tertiary/aromatic N) is 2. The summed E-state index contributed by atoms with van der Waals surface area (Å²) in [5, 5.41) is 0. The van der Waals surface area contributed by atoms with Crippen molar-refractivity contribution >= 4 is 39.7 Å². The summed E-state index contributed by atoms with van der Waals surface area (Å²) in [4.78, 5) is 4.63. The van der Waals surface area contributed by atoms with Gasteiger partial charge in [-0.2, -0.15) is 0 Å². The molecular formula is C65H50N2. The molecule has 320 valence electrons.